The smallest absolute Gasteiger partial charge is 0.268 e. The number of primary amides is 1. The van der Waals surface area contributed by atoms with E-state index in [0.29, 0.717) is 5.52 Å². The summed E-state index contributed by atoms with van der Waals surface area (Å²) in [6.45, 7) is 2.01. The van der Waals surface area contributed by atoms with Gasteiger partial charge in [-0.15, -0.1) is 0 Å². The van der Waals surface area contributed by atoms with Crippen LogP contribution in [0.2, 0.25) is 0 Å². The fourth-order valence-corrected chi connectivity index (χ4v) is 3.10. The molecule has 1 unspecified atom stereocenters. The van der Waals surface area contributed by atoms with Crippen LogP contribution in [-0.4, -0.2) is 27.1 Å². The minimum Gasteiger partial charge on any atom is -0.505 e. The van der Waals surface area contributed by atoms with E-state index in [9.17, 15) is 18.4 Å². The van der Waals surface area contributed by atoms with E-state index in [1.54, 1.807) is 6.07 Å². The van der Waals surface area contributed by atoms with Gasteiger partial charge in [0.1, 0.15) is 5.69 Å². The molecule has 1 saturated heterocycles. The molecular weight excluding hydrogens is 384 g/mol. The van der Waals surface area contributed by atoms with Crippen LogP contribution >= 0.6 is 0 Å². The quantitative estimate of drug-likeness (QED) is 0.608. The Hall–Kier alpha value is -3.33. The minimum atomic E-state index is -1.20. The number of carbonyl (C=O) groups is 1. The number of halogens is 2. The van der Waals surface area contributed by atoms with Crippen molar-refractivity contribution < 1.29 is 23.4 Å². The molecule has 4 rings (SSSR count). The van der Waals surface area contributed by atoms with E-state index in [0.717, 1.165) is 30.7 Å². The van der Waals surface area contributed by atoms with Gasteiger partial charge in [-0.2, -0.15) is 4.39 Å². The molecule has 0 radical (unpaired) electrons. The second-order valence-electron chi connectivity index (χ2n) is 6.62. The number of aromatic amines is 1. The molecule has 3 heterocycles. The maximum atomic E-state index is 12.2. The van der Waals surface area contributed by atoms with Gasteiger partial charge >= 0.3 is 0 Å². The van der Waals surface area contributed by atoms with E-state index in [1.165, 1.54) is 18.3 Å². The number of carbonyl (C=O) groups excluding carboxylic acids is 1. The first-order chi connectivity index (χ1) is 13.8. The zero-order chi connectivity index (χ0) is 21.1. The summed E-state index contributed by atoms with van der Waals surface area (Å²) in [5, 5.41) is 8.72. The molecule has 152 valence electrons. The lowest BCUT2D eigenvalue weighted by Crippen LogP contribution is -2.18. The van der Waals surface area contributed by atoms with E-state index in [4.69, 9.17) is 15.6 Å². The molecule has 1 aliphatic rings. The predicted molar refractivity (Wildman–Crippen MR) is 101 cm³/mol. The van der Waals surface area contributed by atoms with Crippen LogP contribution in [-0.2, 0) is 4.74 Å². The van der Waals surface area contributed by atoms with Crippen LogP contribution in [0, 0.1) is 11.6 Å². The van der Waals surface area contributed by atoms with Crippen LogP contribution in [0.25, 0.3) is 10.9 Å². The normalized spacial score (nSPS) is 18.3. The number of nitrogens with one attached hydrogen (secondary N) is 1. The van der Waals surface area contributed by atoms with Gasteiger partial charge in [-0.25, -0.2) is 4.39 Å². The van der Waals surface area contributed by atoms with Gasteiger partial charge < -0.3 is 20.6 Å². The fraction of sp³-hybridized carbons (Fsp3) is 0.250. The highest BCUT2D eigenvalue weighted by molar-refractivity contribution is 6.03. The average Bonchev–Trinajstić information content (AvgIpc) is 3.12. The third-order valence-electron chi connectivity index (χ3n) is 4.51. The Morgan fingerprint density at radius 2 is 2.07 bits per heavy atom. The number of hydrogen-bond acceptors (Lipinski definition) is 5. The Morgan fingerprint density at radius 3 is 2.66 bits per heavy atom. The number of nitrogens with zero attached hydrogens (tertiary/aromatic N) is 1. The van der Waals surface area contributed by atoms with Crippen LogP contribution in [0.4, 0.5) is 8.78 Å². The Bertz CT molecular complexity index is 1100. The molecule has 1 aromatic carbocycles. The first-order valence-corrected chi connectivity index (χ1v) is 8.88. The number of benzene rings is 1. The van der Waals surface area contributed by atoms with Crippen molar-refractivity contribution >= 4 is 16.8 Å². The zero-order valence-corrected chi connectivity index (χ0v) is 15.5. The van der Waals surface area contributed by atoms with Crippen LogP contribution in [0.1, 0.15) is 42.1 Å². The summed E-state index contributed by atoms with van der Waals surface area (Å²) in [5.41, 5.74) is 6.26. The molecule has 2 atom stereocenters. The second-order valence-corrected chi connectivity index (χ2v) is 6.62. The Morgan fingerprint density at radius 1 is 1.31 bits per heavy atom. The van der Waals surface area contributed by atoms with Gasteiger partial charge in [-0.05, 0) is 38.0 Å². The van der Waals surface area contributed by atoms with Crippen molar-refractivity contribution in [1.82, 2.24) is 9.97 Å². The van der Waals surface area contributed by atoms with Crippen LogP contribution in [0.15, 0.2) is 41.3 Å². The molecule has 1 aliphatic heterocycles. The van der Waals surface area contributed by atoms with Gasteiger partial charge in [0.2, 0.25) is 0 Å². The number of rotatable bonds is 2. The highest BCUT2D eigenvalue weighted by atomic mass is 19.2. The molecule has 0 spiro atoms. The lowest BCUT2D eigenvalue weighted by molar-refractivity contribution is 0.0532. The summed E-state index contributed by atoms with van der Waals surface area (Å²) in [6.07, 6.45) is 3.38. The van der Waals surface area contributed by atoms with Gasteiger partial charge in [0.15, 0.2) is 22.8 Å². The van der Waals surface area contributed by atoms with E-state index < -0.39 is 23.3 Å². The number of ether oxygens (including phenoxy) is 1. The number of aromatic hydroxyl groups is 1. The van der Waals surface area contributed by atoms with E-state index in [-0.39, 0.29) is 28.7 Å². The Balaban J connectivity index is 0.000000224. The molecule has 0 saturated carbocycles. The number of H-pyrrole nitrogens is 1. The third-order valence-corrected chi connectivity index (χ3v) is 4.51. The van der Waals surface area contributed by atoms with E-state index >= 15 is 0 Å². The molecule has 1 fully saturated rings. The maximum absolute atomic E-state index is 12.2. The number of fused-ring (bicyclic) bond motifs is 1. The van der Waals surface area contributed by atoms with Crippen molar-refractivity contribution in [1.29, 1.82) is 0 Å². The summed E-state index contributed by atoms with van der Waals surface area (Å²) >= 11 is 0. The summed E-state index contributed by atoms with van der Waals surface area (Å²) in [6, 6.07) is 6.38. The maximum Gasteiger partial charge on any atom is 0.268 e. The van der Waals surface area contributed by atoms with Gasteiger partial charge in [0.05, 0.1) is 23.1 Å². The second kappa shape index (κ2) is 8.36. The Labute approximate surface area is 164 Å². The summed E-state index contributed by atoms with van der Waals surface area (Å²) in [7, 11) is 0. The number of phenols is 1. The van der Waals surface area contributed by atoms with E-state index in [2.05, 4.69) is 9.97 Å². The molecule has 0 aliphatic carbocycles. The molecule has 7 nitrogen and oxygen atoms in total. The number of phenolic OH excluding ortho intramolecular Hbond substituents is 1. The number of nitrogens with two attached hydrogens (primary N) is 1. The zero-order valence-electron chi connectivity index (χ0n) is 15.5. The lowest BCUT2D eigenvalue weighted by atomic mass is 10.1. The fourth-order valence-electron chi connectivity index (χ4n) is 3.10. The molecule has 1 amide bonds. The first kappa shape index (κ1) is 20.4. The van der Waals surface area contributed by atoms with Crippen molar-refractivity contribution in [3.63, 3.8) is 0 Å². The number of hydrogen-bond donors (Lipinski definition) is 3. The average molecular weight is 403 g/mol. The van der Waals surface area contributed by atoms with Crippen LogP contribution < -0.4 is 11.2 Å². The van der Waals surface area contributed by atoms with Gasteiger partial charge in [-0.3, -0.25) is 14.6 Å². The Kier molecular flexibility index (Phi) is 5.88. The van der Waals surface area contributed by atoms with Crippen molar-refractivity contribution in [2.45, 2.75) is 32.0 Å². The third kappa shape index (κ3) is 4.40. The van der Waals surface area contributed by atoms with Crippen molar-refractivity contribution in [3.05, 3.63) is 69.8 Å². The van der Waals surface area contributed by atoms with E-state index in [1.807, 2.05) is 6.92 Å². The molecule has 0 bridgehead atoms. The SMILES string of the molecule is CC1CC[C@H](c2cc(=O)c3c(C(N)=O)nccc3[nH]2)O1.Oc1cccc(F)c1F. The van der Waals surface area contributed by atoms with Crippen LogP contribution in [0.5, 0.6) is 5.75 Å². The molecule has 29 heavy (non-hydrogen) atoms. The van der Waals surface area contributed by atoms with Gasteiger partial charge in [-0.1, -0.05) is 6.07 Å². The monoisotopic (exact) mass is 403 g/mol. The highest BCUT2D eigenvalue weighted by Crippen LogP contribution is 2.31. The molecule has 2 aromatic heterocycles. The standard InChI is InChI=1S/C14H15N3O3.C6H4F2O/c1-7-2-3-11(20-7)9-6-10(18)12-8(17-9)4-5-16-13(12)14(15)19;7-4-2-1-3-5(9)6(4)8/h4-7,11H,2-3H2,1H3,(H2,15,19)(H,17,18);1-3,9H/t7?,11-;/m1./s1. The summed E-state index contributed by atoms with van der Waals surface area (Å²) < 4.78 is 29.9. The van der Waals surface area contributed by atoms with Gasteiger partial charge in [0, 0.05) is 18.0 Å². The molecule has 3 aromatic rings. The predicted octanol–water partition coefficient (Wildman–Crippen LogP) is 2.93. The van der Waals surface area contributed by atoms with Crippen molar-refractivity contribution in [3.8, 4) is 5.75 Å². The van der Waals surface area contributed by atoms with Crippen LogP contribution in [0.3, 0.4) is 0 Å². The largest absolute Gasteiger partial charge is 0.505 e. The lowest BCUT2D eigenvalue weighted by Gasteiger charge is -2.12. The number of pyridine rings is 2. The number of aromatic nitrogens is 2. The topological polar surface area (TPSA) is 118 Å². The highest BCUT2D eigenvalue weighted by Gasteiger charge is 2.25. The summed E-state index contributed by atoms with van der Waals surface area (Å²) in [4.78, 5) is 30.6. The van der Waals surface area contributed by atoms with Crippen molar-refractivity contribution in [2.24, 2.45) is 5.73 Å². The van der Waals surface area contributed by atoms with Gasteiger partial charge in [0.25, 0.3) is 5.91 Å². The first-order valence-electron chi connectivity index (χ1n) is 8.88. The van der Waals surface area contributed by atoms with Crippen molar-refractivity contribution in [2.75, 3.05) is 0 Å². The number of amides is 1. The minimum absolute atomic E-state index is 0.00370. The molecule has 9 heteroatoms. The molecular formula is C20H19F2N3O4. The molecule has 4 N–H and O–H groups in total. The summed E-state index contributed by atoms with van der Waals surface area (Å²) in [5.74, 6) is -3.60.